The number of carbonyl (C=O) groups excluding carboxylic acids is 3. The van der Waals surface area contributed by atoms with Crippen molar-refractivity contribution < 1.29 is 54.0 Å². The van der Waals surface area contributed by atoms with Crippen LogP contribution in [0.25, 0.3) is 0 Å². The van der Waals surface area contributed by atoms with Crippen LogP contribution in [0.2, 0.25) is 0 Å². The van der Waals surface area contributed by atoms with Crippen LogP contribution >= 0.6 is 22.6 Å². The van der Waals surface area contributed by atoms with E-state index in [1.807, 2.05) is 34.6 Å². The van der Waals surface area contributed by atoms with E-state index in [0.29, 0.717) is 25.7 Å². The van der Waals surface area contributed by atoms with Crippen molar-refractivity contribution in [2.24, 2.45) is 51.8 Å². The predicted molar refractivity (Wildman–Crippen MR) is 221 cm³/mol. The molecule has 6 N–H and O–H groups in total. The Labute approximate surface area is 347 Å². The van der Waals surface area contributed by atoms with Crippen LogP contribution in [-0.2, 0) is 33.6 Å². The maximum atomic E-state index is 14.3. The van der Waals surface area contributed by atoms with Gasteiger partial charge in [-0.2, -0.15) is 0 Å². The number of carbonyl (C=O) groups is 7. The Hall–Kier alpha value is -2.82. The lowest BCUT2D eigenvalue weighted by Crippen LogP contribution is -2.56. The number of aliphatic carboxylic acids is 4. The highest BCUT2D eigenvalue weighted by Gasteiger charge is 2.53. The summed E-state index contributed by atoms with van der Waals surface area (Å²) in [7, 11) is 1.65. The van der Waals surface area contributed by atoms with Crippen LogP contribution in [0, 0.1) is 51.8 Å². The van der Waals surface area contributed by atoms with E-state index >= 15 is 0 Å². The number of nitrogens with zero attached hydrogens (tertiary/aromatic N) is 1. The van der Waals surface area contributed by atoms with Gasteiger partial charge in [-0.3, -0.25) is 33.6 Å². The molecule has 0 heterocycles. The van der Waals surface area contributed by atoms with Gasteiger partial charge in [0.1, 0.15) is 0 Å². The van der Waals surface area contributed by atoms with Crippen LogP contribution in [-0.4, -0.2) is 96.5 Å². The largest absolute Gasteiger partial charge is 0.481 e. The monoisotopic (exact) mass is 907 g/mol. The summed E-state index contributed by atoms with van der Waals surface area (Å²) in [6, 6.07) is -0.0772. The molecule has 0 aromatic carbocycles. The van der Waals surface area contributed by atoms with E-state index in [-0.39, 0.29) is 42.2 Å². The third kappa shape index (κ3) is 13.6. The normalized spacial score (nSPS) is 17.4. The van der Waals surface area contributed by atoms with Crippen molar-refractivity contribution in [2.75, 3.05) is 20.1 Å². The number of amides is 2. The number of halogens is 1. The molecule has 1 fully saturated rings. The second-order valence-electron chi connectivity index (χ2n) is 18.7. The zero-order valence-corrected chi connectivity index (χ0v) is 37.7. The Kier molecular flexibility index (Phi) is 19.4. The highest BCUT2D eigenvalue weighted by Crippen LogP contribution is 2.51. The molecule has 0 aliphatic heterocycles. The smallest absolute Gasteiger partial charge is 0.309 e. The standard InChI is InChI=1S/C41H70IN3O11/c1-12-13-18-26(35(51)52)31(37(55)56)41(9,10)45(11)22-20-27(36(53)54)30(33(48)44-24-16-14-17-24)40(7,8)39(5,6)21-15-19-25(34(49)50)29(38(2,3)4)32(47)43-23-28(42)46/h24-27,29-31H,12-23H2,1-11H3,(H,43,47)(H,44,48)(H,49,50)(H,51,52)(H,53,54)(H,55,56). The Morgan fingerprint density at radius 1 is 0.696 bits per heavy atom. The number of unbranched alkanes of at least 4 members (excludes halogenated alkanes) is 1. The Balaban J connectivity index is 3.51. The van der Waals surface area contributed by atoms with Crippen LogP contribution < -0.4 is 10.6 Å². The van der Waals surface area contributed by atoms with E-state index in [0.717, 1.165) is 19.3 Å². The number of rotatable bonds is 26. The molecule has 1 rings (SSSR count). The molecular weight excluding hydrogens is 837 g/mol. The number of carboxylic acid groups (broad SMARTS) is 4. The first kappa shape index (κ1) is 51.2. The van der Waals surface area contributed by atoms with Crippen LogP contribution in [0.3, 0.4) is 0 Å². The van der Waals surface area contributed by atoms with E-state index in [9.17, 15) is 54.0 Å². The summed E-state index contributed by atoms with van der Waals surface area (Å²) in [4.78, 5) is 91.5. The van der Waals surface area contributed by atoms with Gasteiger partial charge in [0, 0.05) is 34.2 Å². The molecule has 14 nitrogen and oxygen atoms in total. The molecule has 15 heteroatoms. The van der Waals surface area contributed by atoms with E-state index in [2.05, 4.69) is 10.6 Å². The minimum Gasteiger partial charge on any atom is -0.481 e. The van der Waals surface area contributed by atoms with Crippen molar-refractivity contribution in [3.63, 3.8) is 0 Å². The van der Waals surface area contributed by atoms with E-state index in [1.165, 1.54) is 0 Å². The maximum absolute atomic E-state index is 14.3. The average molecular weight is 908 g/mol. The van der Waals surface area contributed by atoms with Crippen LogP contribution in [0.15, 0.2) is 0 Å². The van der Waals surface area contributed by atoms with Gasteiger partial charge in [-0.05, 0) is 88.6 Å². The van der Waals surface area contributed by atoms with E-state index in [1.54, 1.807) is 69.2 Å². The minimum atomic E-state index is -1.29. The van der Waals surface area contributed by atoms with Crippen molar-refractivity contribution >= 4 is 62.1 Å². The lowest BCUT2D eigenvalue weighted by Gasteiger charge is -2.49. The molecule has 1 aliphatic carbocycles. The fraction of sp³-hybridized carbons (Fsp3) is 0.829. The summed E-state index contributed by atoms with van der Waals surface area (Å²) in [5.41, 5.74) is -3.65. The van der Waals surface area contributed by atoms with Crippen LogP contribution in [0.5, 0.6) is 0 Å². The number of nitrogens with one attached hydrogen (secondary N) is 2. The maximum Gasteiger partial charge on any atom is 0.309 e. The average Bonchev–Trinajstić information content (AvgIpc) is 3.02. The van der Waals surface area contributed by atoms with Gasteiger partial charge >= 0.3 is 23.9 Å². The van der Waals surface area contributed by atoms with Crippen molar-refractivity contribution in [3.05, 3.63) is 0 Å². The number of carboxylic acids is 4. The topological polar surface area (TPSA) is 228 Å². The third-order valence-electron chi connectivity index (χ3n) is 13.0. The third-order valence-corrected chi connectivity index (χ3v) is 13.4. The van der Waals surface area contributed by atoms with Gasteiger partial charge < -0.3 is 36.0 Å². The predicted octanol–water partition coefficient (Wildman–Crippen LogP) is 6.33. The second kappa shape index (κ2) is 21.3. The summed E-state index contributed by atoms with van der Waals surface area (Å²) in [5, 5.41) is 47.1. The fourth-order valence-corrected chi connectivity index (χ4v) is 8.55. The summed E-state index contributed by atoms with van der Waals surface area (Å²) in [6.07, 6.45) is 4.76. The van der Waals surface area contributed by atoms with Crippen molar-refractivity contribution in [2.45, 2.75) is 145 Å². The lowest BCUT2D eigenvalue weighted by molar-refractivity contribution is -0.161. The summed E-state index contributed by atoms with van der Waals surface area (Å²) in [6.45, 7) is 18.0. The molecule has 6 atom stereocenters. The highest BCUT2D eigenvalue weighted by atomic mass is 127. The Bertz CT molecular complexity index is 1400. The second-order valence-corrected chi connectivity index (χ2v) is 19.9. The van der Waals surface area contributed by atoms with Crippen molar-refractivity contribution in [3.8, 4) is 0 Å². The van der Waals surface area contributed by atoms with Gasteiger partial charge in [-0.25, -0.2) is 0 Å². The minimum absolute atomic E-state index is 0.0280. The Morgan fingerprint density at radius 2 is 1.18 bits per heavy atom. The molecule has 56 heavy (non-hydrogen) atoms. The first-order valence-electron chi connectivity index (χ1n) is 19.9. The van der Waals surface area contributed by atoms with Gasteiger partial charge in [0.05, 0.1) is 42.1 Å². The number of hydrogen-bond donors (Lipinski definition) is 6. The first-order valence-corrected chi connectivity index (χ1v) is 21.0. The van der Waals surface area contributed by atoms with Crippen molar-refractivity contribution in [1.82, 2.24) is 15.5 Å². The molecule has 6 unspecified atom stereocenters. The molecule has 0 saturated heterocycles. The molecular formula is C41H70IN3O11. The molecule has 0 aromatic rings. The van der Waals surface area contributed by atoms with Crippen LogP contribution in [0.4, 0.5) is 0 Å². The molecule has 0 bridgehead atoms. The van der Waals surface area contributed by atoms with Gasteiger partial charge in [0.2, 0.25) is 15.6 Å². The van der Waals surface area contributed by atoms with Gasteiger partial charge in [0.15, 0.2) is 0 Å². The van der Waals surface area contributed by atoms with E-state index < -0.39 is 93.0 Å². The molecule has 0 aromatic heterocycles. The lowest BCUT2D eigenvalue weighted by atomic mass is 9.55. The van der Waals surface area contributed by atoms with Gasteiger partial charge in [-0.1, -0.05) is 74.7 Å². The SMILES string of the molecule is CCCCC(C(=O)O)C(C(=O)O)C(C)(C)N(C)CCC(C(=O)O)C(C(=O)NC1CCC1)C(C)(C)C(C)(C)CCCC(C(=O)O)C(C(=O)NCC(=O)I)C(C)(C)C. The summed E-state index contributed by atoms with van der Waals surface area (Å²) < 4.78 is -0.288. The van der Waals surface area contributed by atoms with E-state index in [4.69, 9.17) is 0 Å². The van der Waals surface area contributed by atoms with Crippen LogP contribution in [0.1, 0.15) is 133 Å². The van der Waals surface area contributed by atoms with Gasteiger partial charge in [-0.15, -0.1) is 0 Å². The van der Waals surface area contributed by atoms with Gasteiger partial charge in [0.25, 0.3) is 0 Å². The quantitative estimate of drug-likeness (QED) is 0.0414. The first-order chi connectivity index (χ1) is 25.6. The van der Waals surface area contributed by atoms with Crippen molar-refractivity contribution in [1.29, 1.82) is 0 Å². The molecule has 0 spiro atoms. The molecule has 0 radical (unpaired) electrons. The zero-order valence-electron chi connectivity index (χ0n) is 35.5. The molecule has 322 valence electrons. The Morgan fingerprint density at radius 3 is 1.59 bits per heavy atom. The summed E-state index contributed by atoms with van der Waals surface area (Å²) >= 11 is 1.57. The molecule has 2 amide bonds. The molecule has 1 saturated carbocycles. The molecule has 1 aliphatic rings. The zero-order chi connectivity index (χ0) is 43.6. The fourth-order valence-electron chi connectivity index (χ4n) is 8.36. The highest BCUT2D eigenvalue weighted by molar-refractivity contribution is 14.1. The number of hydrogen-bond acceptors (Lipinski definition) is 8. The summed E-state index contributed by atoms with van der Waals surface area (Å²) in [5.74, 6) is -12.4.